The molecule has 2 heterocycles. The number of aryl methyl sites for hydroxylation is 1. The molecule has 1 aromatic carbocycles. The fourth-order valence-corrected chi connectivity index (χ4v) is 4.42. The molecule has 0 spiro atoms. The Morgan fingerprint density at radius 3 is 2.77 bits per heavy atom. The smallest absolute Gasteiger partial charge is 0.224 e. The van der Waals surface area contributed by atoms with Crippen LogP contribution < -0.4 is 0 Å². The Bertz CT molecular complexity index is 517. The molecule has 2 saturated heterocycles. The Morgan fingerprint density at radius 2 is 2.00 bits per heavy atom. The van der Waals surface area contributed by atoms with Crippen LogP contribution in [0.2, 0.25) is 0 Å². The quantitative estimate of drug-likeness (QED) is 0.852. The molecule has 2 aliphatic heterocycles. The van der Waals surface area contributed by atoms with E-state index in [1.807, 2.05) is 11.8 Å². The van der Waals surface area contributed by atoms with Crippen molar-refractivity contribution >= 4 is 17.7 Å². The van der Waals surface area contributed by atoms with Crippen LogP contribution in [-0.4, -0.2) is 60.9 Å². The molecule has 0 saturated carbocycles. The van der Waals surface area contributed by atoms with Crippen molar-refractivity contribution in [2.45, 2.75) is 18.7 Å². The second-order valence-electron chi connectivity index (χ2n) is 5.87. The minimum atomic E-state index is 0.170. The molecule has 22 heavy (non-hydrogen) atoms. The van der Waals surface area contributed by atoms with Crippen molar-refractivity contribution in [3.63, 3.8) is 0 Å². The number of hydrogen-bond acceptors (Lipinski definition) is 4. The second kappa shape index (κ2) is 7.49. The van der Waals surface area contributed by atoms with E-state index in [1.165, 1.54) is 11.1 Å². The Kier molecular flexibility index (Phi) is 5.39. The molecular formula is C17H24N2O2S. The summed E-state index contributed by atoms with van der Waals surface area (Å²) in [5.41, 5.74) is 2.55. The number of ether oxygens (including phenoxy) is 1. The SMILES string of the molecule is Cc1ccccc1C1SCCC(=O)N1CCN1CCOCC1. The topological polar surface area (TPSA) is 32.8 Å². The highest BCUT2D eigenvalue weighted by molar-refractivity contribution is 7.99. The summed E-state index contributed by atoms with van der Waals surface area (Å²) >= 11 is 1.89. The van der Waals surface area contributed by atoms with E-state index in [0.29, 0.717) is 12.3 Å². The molecule has 0 N–H and O–H groups in total. The predicted molar refractivity (Wildman–Crippen MR) is 90.0 cm³/mol. The first-order valence-electron chi connectivity index (χ1n) is 8.02. The number of amides is 1. The van der Waals surface area contributed by atoms with E-state index in [-0.39, 0.29) is 5.37 Å². The summed E-state index contributed by atoms with van der Waals surface area (Å²) in [6.07, 6.45) is 0.663. The molecule has 2 aliphatic rings. The monoisotopic (exact) mass is 320 g/mol. The maximum Gasteiger partial charge on any atom is 0.224 e. The van der Waals surface area contributed by atoms with Crippen molar-refractivity contribution in [2.24, 2.45) is 0 Å². The third kappa shape index (κ3) is 3.65. The van der Waals surface area contributed by atoms with Gasteiger partial charge in [0.1, 0.15) is 5.37 Å². The number of hydrogen-bond donors (Lipinski definition) is 0. The van der Waals surface area contributed by atoms with Gasteiger partial charge in [0.2, 0.25) is 5.91 Å². The van der Waals surface area contributed by atoms with E-state index in [9.17, 15) is 4.79 Å². The van der Waals surface area contributed by atoms with E-state index in [1.54, 1.807) is 0 Å². The highest BCUT2D eigenvalue weighted by Crippen LogP contribution is 2.38. The Labute approximate surface area is 136 Å². The number of benzene rings is 1. The molecule has 4 nitrogen and oxygen atoms in total. The second-order valence-corrected chi connectivity index (χ2v) is 7.06. The molecule has 3 rings (SSSR count). The van der Waals surface area contributed by atoms with Gasteiger partial charge >= 0.3 is 0 Å². The van der Waals surface area contributed by atoms with Crippen molar-refractivity contribution in [3.05, 3.63) is 35.4 Å². The molecule has 120 valence electrons. The summed E-state index contributed by atoms with van der Waals surface area (Å²) in [5.74, 6) is 1.21. The third-order valence-electron chi connectivity index (χ3n) is 4.41. The molecule has 5 heteroatoms. The van der Waals surface area contributed by atoms with Crippen LogP contribution in [0.1, 0.15) is 22.9 Å². The van der Waals surface area contributed by atoms with Crippen LogP contribution in [-0.2, 0) is 9.53 Å². The van der Waals surface area contributed by atoms with Gasteiger partial charge in [-0.2, -0.15) is 0 Å². The molecule has 0 bridgehead atoms. The maximum atomic E-state index is 12.4. The highest BCUT2D eigenvalue weighted by atomic mass is 32.2. The Morgan fingerprint density at radius 1 is 1.23 bits per heavy atom. The summed E-state index contributed by atoms with van der Waals surface area (Å²) in [6, 6.07) is 8.43. The lowest BCUT2D eigenvalue weighted by Crippen LogP contribution is -2.45. The van der Waals surface area contributed by atoms with Gasteiger partial charge < -0.3 is 9.64 Å². The van der Waals surface area contributed by atoms with Crippen LogP contribution in [0.3, 0.4) is 0 Å². The van der Waals surface area contributed by atoms with Gasteiger partial charge in [0.25, 0.3) is 0 Å². The van der Waals surface area contributed by atoms with Gasteiger partial charge in [0.15, 0.2) is 0 Å². The Hall–Kier alpha value is -1.04. The minimum Gasteiger partial charge on any atom is -0.379 e. The van der Waals surface area contributed by atoms with Gasteiger partial charge in [0.05, 0.1) is 13.2 Å². The summed E-state index contributed by atoms with van der Waals surface area (Å²) in [7, 11) is 0. The first-order valence-corrected chi connectivity index (χ1v) is 9.07. The standard InChI is InChI=1S/C17H24N2O2S/c1-14-4-2-3-5-15(14)17-19(16(20)6-13-22-17)8-7-18-9-11-21-12-10-18/h2-5,17H,6-13H2,1H3. The molecule has 0 aliphatic carbocycles. The van der Waals surface area contributed by atoms with E-state index < -0.39 is 0 Å². The summed E-state index contributed by atoms with van der Waals surface area (Å²) in [4.78, 5) is 16.9. The van der Waals surface area contributed by atoms with Crippen LogP contribution in [0.5, 0.6) is 0 Å². The van der Waals surface area contributed by atoms with Crippen molar-refractivity contribution in [2.75, 3.05) is 45.1 Å². The van der Waals surface area contributed by atoms with E-state index in [0.717, 1.165) is 45.1 Å². The number of nitrogens with zero attached hydrogens (tertiary/aromatic N) is 2. The van der Waals surface area contributed by atoms with Gasteiger partial charge in [-0.25, -0.2) is 0 Å². The van der Waals surface area contributed by atoms with Crippen molar-refractivity contribution < 1.29 is 9.53 Å². The number of rotatable bonds is 4. The molecular weight excluding hydrogens is 296 g/mol. The lowest BCUT2D eigenvalue weighted by Gasteiger charge is -2.38. The molecule has 1 unspecified atom stereocenters. The Balaban J connectivity index is 1.70. The van der Waals surface area contributed by atoms with Gasteiger partial charge in [-0.1, -0.05) is 24.3 Å². The molecule has 0 aromatic heterocycles. The van der Waals surface area contributed by atoms with Crippen LogP contribution >= 0.6 is 11.8 Å². The largest absolute Gasteiger partial charge is 0.379 e. The summed E-state index contributed by atoms with van der Waals surface area (Å²) in [6.45, 7) is 7.46. The average molecular weight is 320 g/mol. The van der Waals surface area contributed by atoms with Gasteiger partial charge in [-0.05, 0) is 18.1 Å². The summed E-state index contributed by atoms with van der Waals surface area (Å²) in [5, 5.41) is 0.170. The van der Waals surface area contributed by atoms with E-state index >= 15 is 0 Å². The average Bonchev–Trinajstić information content (AvgIpc) is 2.55. The lowest BCUT2D eigenvalue weighted by atomic mass is 10.1. The van der Waals surface area contributed by atoms with Crippen molar-refractivity contribution in [1.29, 1.82) is 0 Å². The van der Waals surface area contributed by atoms with Gasteiger partial charge in [-0.3, -0.25) is 9.69 Å². The molecule has 0 radical (unpaired) electrons. The third-order valence-corrected chi connectivity index (χ3v) is 5.67. The zero-order valence-electron chi connectivity index (χ0n) is 13.2. The lowest BCUT2D eigenvalue weighted by molar-refractivity contribution is -0.132. The zero-order valence-corrected chi connectivity index (χ0v) is 14.0. The number of carbonyl (C=O) groups is 1. The number of morpholine rings is 1. The van der Waals surface area contributed by atoms with Crippen LogP contribution in [0.4, 0.5) is 0 Å². The fourth-order valence-electron chi connectivity index (χ4n) is 3.06. The van der Waals surface area contributed by atoms with Crippen molar-refractivity contribution in [1.82, 2.24) is 9.80 Å². The highest BCUT2D eigenvalue weighted by Gasteiger charge is 2.30. The van der Waals surface area contributed by atoms with Crippen molar-refractivity contribution in [3.8, 4) is 0 Å². The van der Waals surface area contributed by atoms with Crippen LogP contribution in [0.15, 0.2) is 24.3 Å². The van der Waals surface area contributed by atoms with E-state index in [4.69, 9.17) is 4.74 Å². The van der Waals surface area contributed by atoms with Gasteiger partial charge in [-0.15, -0.1) is 11.8 Å². The maximum absolute atomic E-state index is 12.4. The summed E-state index contributed by atoms with van der Waals surface area (Å²) < 4.78 is 5.39. The fraction of sp³-hybridized carbons (Fsp3) is 0.588. The number of thioether (sulfide) groups is 1. The first kappa shape index (κ1) is 15.8. The zero-order chi connectivity index (χ0) is 15.4. The first-order chi connectivity index (χ1) is 10.8. The minimum absolute atomic E-state index is 0.170. The van der Waals surface area contributed by atoms with Crippen LogP contribution in [0, 0.1) is 6.92 Å². The molecule has 1 aromatic rings. The van der Waals surface area contributed by atoms with E-state index in [2.05, 4.69) is 41.0 Å². The molecule has 1 atom stereocenters. The van der Waals surface area contributed by atoms with Crippen LogP contribution in [0.25, 0.3) is 0 Å². The molecule has 2 fully saturated rings. The normalized spacial score (nSPS) is 23.8. The number of carbonyl (C=O) groups excluding carboxylic acids is 1. The van der Waals surface area contributed by atoms with Gasteiger partial charge in [0, 0.05) is 38.4 Å². The molecule has 1 amide bonds. The predicted octanol–water partition coefficient (Wildman–Crippen LogP) is 2.29.